The standard InChI is InChI=1S/C12H15N5O2/c1-18-11-5-8(4-9(13)6-11)12-14-15-16-17(12)10-2-3-19-7-10/h4-6,10H,2-3,7,13H2,1H3. The number of hydrogen-bond donors (Lipinski definition) is 1. The highest BCUT2D eigenvalue weighted by Crippen LogP contribution is 2.28. The molecular weight excluding hydrogens is 246 g/mol. The lowest BCUT2D eigenvalue weighted by atomic mass is 10.1. The van der Waals surface area contributed by atoms with E-state index in [9.17, 15) is 0 Å². The summed E-state index contributed by atoms with van der Waals surface area (Å²) in [5.74, 6) is 1.37. The Morgan fingerprint density at radius 1 is 1.42 bits per heavy atom. The van der Waals surface area contributed by atoms with E-state index >= 15 is 0 Å². The first-order valence-electron chi connectivity index (χ1n) is 6.08. The number of benzene rings is 1. The van der Waals surface area contributed by atoms with Gasteiger partial charge < -0.3 is 15.2 Å². The molecule has 2 N–H and O–H groups in total. The Labute approximate surface area is 110 Å². The van der Waals surface area contributed by atoms with E-state index in [2.05, 4.69) is 15.5 Å². The summed E-state index contributed by atoms with van der Waals surface area (Å²) in [6.07, 6.45) is 0.914. The van der Waals surface area contributed by atoms with Crippen LogP contribution in [0.2, 0.25) is 0 Å². The number of hydrogen-bond acceptors (Lipinski definition) is 6. The third kappa shape index (κ3) is 2.24. The van der Waals surface area contributed by atoms with Crippen molar-refractivity contribution in [1.29, 1.82) is 0 Å². The molecule has 0 bridgehead atoms. The lowest BCUT2D eigenvalue weighted by Gasteiger charge is -2.11. The van der Waals surface area contributed by atoms with Gasteiger partial charge in [-0.05, 0) is 29.0 Å². The van der Waals surface area contributed by atoms with Gasteiger partial charge in [-0.2, -0.15) is 0 Å². The van der Waals surface area contributed by atoms with Crippen molar-refractivity contribution in [1.82, 2.24) is 20.2 Å². The van der Waals surface area contributed by atoms with Gasteiger partial charge in [-0.3, -0.25) is 0 Å². The van der Waals surface area contributed by atoms with Crippen LogP contribution >= 0.6 is 0 Å². The van der Waals surface area contributed by atoms with Crippen molar-refractivity contribution in [3.63, 3.8) is 0 Å². The summed E-state index contributed by atoms with van der Waals surface area (Å²) in [5, 5.41) is 11.9. The largest absolute Gasteiger partial charge is 0.497 e. The number of anilines is 1. The monoisotopic (exact) mass is 261 g/mol. The van der Waals surface area contributed by atoms with Gasteiger partial charge >= 0.3 is 0 Å². The highest BCUT2D eigenvalue weighted by molar-refractivity contribution is 5.64. The molecule has 0 radical (unpaired) electrons. The summed E-state index contributed by atoms with van der Waals surface area (Å²) in [5.41, 5.74) is 7.32. The molecule has 1 aliphatic rings. The second-order valence-electron chi connectivity index (χ2n) is 4.46. The summed E-state index contributed by atoms with van der Waals surface area (Å²) < 4.78 is 12.4. The molecule has 3 rings (SSSR count). The molecule has 1 unspecified atom stereocenters. The van der Waals surface area contributed by atoms with Gasteiger partial charge in [0.15, 0.2) is 5.82 Å². The lowest BCUT2D eigenvalue weighted by molar-refractivity contribution is 0.184. The van der Waals surface area contributed by atoms with Crippen LogP contribution < -0.4 is 10.5 Å². The van der Waals surface area contributed by atoms with Crippen LogP contribution in [0.15, 0.2) is 18.2 Å². The maximum atomic E-state index is 5.86. The zero-order valence-electron chi connectivity index (χ0n) is 10.6. The topological polar surface area (TPSA) is 88.1 Å². The fourth-order valence-electron chi connectivity index (χ4n) is 2.21. The zero-order chi connectivity index (χ0) is 13.2. The number of nitrogens with zero attached hydrogens (tertiary/aromatic N) is 4. The van der Waals surface area contributed by atoms with Gasteiger partial charge in [0.1, 0.15) is 5.75 Å². The van der Waals surface area contributed by atoms with Crippen molar-refractivity contribution in [3.8, 4) is 17.1 Å². The van der Waals surface area contributed by atoms with E-state index < -0.39 is 0 Å². The first kappa shape index (κ1) is 11.9. The van der Waals surface area contributed by atoms with Crippen LogP contribution in [0.3, 0.4) is 0 Å². The number of methoxy groups -OCH3 is 1. The molecule has 0 spiro atoms. The van der Waals surface area contributed by atoms with Crippen LogP contribution in [-0.2, 0) is 4.74 Å². The van der Waals surface area contributed by atoms with E-state index in [1.165, 1.54) is 0 Å². The van der Waals surface area contributed by atoms with Gasteiger partial charge in [0, 0.05) is 23.9 Å². The van der Waals surface area contributed by atoms with Crippen molar-refractivity contribution < 1.29 is 9.47 Å². The fourth-order valence-corrected chi connectivity index (χ4v) is 2.21. The predicted octanol–water partition coefficient (Wildman–Crippen LogP) is 0.892. The Bertz CT molecular complexity index is 577. The SMILES string of the molecule is COc1cc(N)cc(-c2nnnn2C2CCOC2)c1. The van der Waals surface area contributed by atoms with Crippen LogP contribution in [0, 0.1) is 0 Å². The highest BCUT2D eigenvalue weighted by Gasteiger charge is 2.23. The third-order valence-corrected chi connectivity index (χ3v) is 3.17. The summed E-state index contributed by atoms with van der Waals surface area (Å²) in [6.45, 7) is 1.38. The number of tetrazole rings is 1. The van der Waals surface area contributed by atoms with Crippen LogP contribution in [-0.4, -0.2) is 40.5 Å². The average Bonchev–Trinajstić information content (AvgIpc) is 3.08. The minimum atomic E-state index is 0.178. The smallest absolute Gasteiger partial charge is 0.182 e. The third-order valence-electron chi connectivity index (χ3n) is 3.17. The number of nitrogen functional groups attached to an aromatic ring is 1. The molecule has 1 fully saturated rings. The Morgan fingerprint density at radius 3 is 3.05 bits per heavy atom. The lowest BCUT2D eigenvalue weighted by Crippen LogP contribution is -2.12. The summed E-state index contributed by atoms with van der Waals surface area (Å²) in [6, 6.07) is 5.64. The molecule has 1 aromatic heterocycles. The molecule has 1 aromatic carbocycles. The summed E-state index contributed by atoms with van der Waals surface area (Å²) in [7, 11) is 1.60. The van der Waals surface area contributed by atoms with E-state index in [0.29, 0.717) is 23.9 Å². The molecule has 0 saturated carbocycles. The van der Waals surface area contributed by atoms with Gasteiger partial charge in [0.2, 0.25) is 0 Å². The van der Waals surface area contributed by atoms with E-state index in [1.807, 2.05) is 12.1 Å². The molecule has 19 heavy (non-hydrogen) atoms. The maximum Gasteiger partial charge on any atom is 0.182 e. The Morgan fingerprint density at radius 2 is 2.32 bits per heavy atom. The van der Waals surface area contributed by atoms with Crippen LogP contribution in [0.4, 0.5) is 5.69 Å². The molecule has 2 aromatic rings. The average molecular weight is 261 g/mol. The number of aromatic nitrogens is 4. The summed E-state index contributed by atoms with van der Waals surface area (Å²) >= 11 is 0. The Kier molecular flexibility index (Phi) is 3.04. The van der Waals surface area contributed by atoms with E-state index in [0.717, 1.165) is 18.6 Å². The number of nitrogens with two attached hydrogens (primary N) is 1. The number of ether oxygens (including phenoxy) is 2. The molecule has 0 amide bonds. The molecule has 1 saturated heterocycles. The summed E-state index contributed by atoms with van der Waals surface area (Å²) in [4.78, 5) is 0. The van der Waals surface area contributed by atoms with Crippen LogP contribution in [0.1, 0.15) is 12.5 Å². The Hall–Kier alpha value is -2.15. The van der Waals surface area contributed by atoms with Crippen molar-refractivity contribution in [2.24, 2.45) is 0 Å². The molecule has 0 aliphatic carbocycles. The molecule has 1 atom stereocenters. The molecule has 1 aliphatic heterocycles. The van der Waals surface area contributed by atoms with E-state index in [-0.39, 0.29) is 6.04 Å². The van der Waals surface area contributed by atoms with Crippen molar-refractivity contribution in [2.45, 2.75) is 12.5 Å². The van der Waals surface area contributed by atoms with Crippen LogP contribution in [0.25, 0.3) is 11.4 Å². The van der Waals surface area contributed by atoms with E-state index in [1.54, 1.807) is 17.9 Å². The maximum absolute atomic E-state index is 5.86. The first-order chi connectivity index (χ1) is 9.28. The van der Waals surface area contributed by atoms with Gasteiger partial charge in [-0.1, -0.05) is 0 Å². The molecular formula is C12H15N5O2. The minimum absolute atomic E-state index is 0.178. The van der Waals surface area contributed by atoms with Crippen molar-refractivity contribution >= 4 is 5.69 Å². The fraction of sp³-hybridized carbons (Fsp3) is 0.417. The number of rotatable bonds is 3. The van der Waals surface area contributed by atoms with Gasteiger partial charge in [-0.15, -0.1) is 5.10 Å². The highest BCUT2D eigenvalue weighted by atomic mass is 16.5. The first-order valence-corrected chi connectivity index (χ1v) is 6.08. The molecule has 7 nitrogen and oxygen atoms in total. The van der Waals surface area contributed by atoms with Gasteiger partial charge in [0.25, 0.3) is 0 Å². The molecule has 7 heteroatoms. The quantitative estimate of drug-likeness (QED) is 0.825. The second kappa shape index (κ2) is 4.85. The zero-order valence-corrected chi connectivity index (χ0v) is 10.6. The second-order valence-corrected chi connectivity index (χ2v) is 4.46. The Balaban J connectivity index is 2.02. The van der Waals surface area contributed by atoms with Gasteiger partial charge in [-0.25, -0.2) is 4.68 Å². The molecule has 2 heterocycles. The van der Waals surface area contributed by atoms with Gasteiger partial charge in [0.05, 0.1) is 19.8 Å². The van der Waals surface area contributed by atoms with Crippen LogP contribution in [0.5, 0.6) is 5.75 Å². The molecule has 100 valence electrons. The van der Waals surface area contributed by atoms with Crippen molar-refractivity contribution in [2.75, 3.05) is 26.1 Å². The normalized spacial score (nSPS) is 18.7. The van der Waals surface area contributed by atoms with Crippen molar-refractivity contribution in [3.05, 3.63) is 18.2 Å². The van der Waals surface area contributed by atoms with E-state index in [4.69, 9.17) is 15.2 Å². The predicted molar refractivity (Wildman–Crippen MR) is 68.7 cm³/mol. The minimum Gasteiger partial charge on any atom is -0.497 e.